The van der Waals surface area contributed by atoms with Gasteiger partial charge in [0, 0.05) is 31.6 Å². The van der Waals surface area contributed by atoms with Crippen molar-refractivity contribution in [2.24, 2.45) is 0 Å². The third-order valence-corrected chi connectivity index (χ3v) is 4.08. The van der Waals surface area contributed by atoms with Gasteiger partial charge < -0.3 is 19.7 Å². The summed E-state index contributed by atoms with van der Waals surface area (Å²) in [6.45, 7) is 4.01. The average molecular weight is 304 g/mol. The van der Waals surface area contributed by atoms with Gasteiger partial charge in [-0.15, -0.1) is 0 Å². The molecule has 1 saturated heterocycles. The molecule has 2 heterocycles. The number of amides is 2. The van der Waals surface area contributed by atoms with Gasteiger partial charge in [-0.1, -0.05) is 0 Å². The molecular weight excluding hydrogens is 284 g/mol. The number of piperidine rings is 1. The van der Waals surface area contributed by atoms with Crippen LogP contribution in [0.3, 0.4) is 0 Å². The zero-order valence-corrected chi connectivity index (χ0v) is 12.6. The fourth-order valence-corrected chi connectivity index (χ4v) is 2.79. The molecule has 1 fully saturated rings. The third kappa shape index (κ3) is 3.16. The van der Waals surface area contributed by atoms with Crippen LogP contribution in [0.4, 0.5) is 0 Å². The normalized spacial score (nSPS) is 18.0. The van der Waals surface area contributed by atoms with Crippen molar-refractivity contribution in [1.82, 2.24) is 10.2 Å². The van der Waals surface area contributed by atoms with Crippen molar-refractivity contribution < 1.29 is 19.1 Å². The highest BCUT2D eigenvalue weighted by Crippen LogP contribution is 2.30. The van der Waals surface area contributed by atoms with Gasteiger partial charge in [-0.25, -0.2) is 0 Å². The predicted octanol–water partition coefficient (Wildman–Crippen LogP) is 1.20. The van der Waals surface area contributed by atoms with E-state index < -0.39 is 0 Å². The lowest BCUT2D eigenvalue weighted by Gasteiger charge is -2.31. The van der Waals surface area contributed by atoms with Crippen molar-refractivity contribution in [1.29, 1.82) is 0 Å². The summed E-state index contributed by atoms with van der Waals surface area (Å²) in [5, 5.41) is 3.03. The van der Waals surface area contributed by atoms with Gasteiger partial charge in [0.1, 0.15) is 13.2 Å². The van der Waals surface area contributed by atoms with E-state index in [1.165, 1.54) is 0 Å². The second-order valence-corrected chi connectivity index (χ2v) is 5.61. The van der Waals surface area contributed by atoms with Crippen molar-refractivity contribution in [3.05, 3.63) is 23.8 Å². The summed E-state index contributed by atoms with van der Waals surface area (Å²) < 4.78 is 10.9. The summed E-state index contributed by atoms with van der Waals surface area (Å²) >= 11 is 0. The number of carbonyl (C=O) groups is 2. The largest absolute Gasteiger partial charge is 0.486 e. The zero-order chi connectivity index (χ0) is 15.5. The molecule has 1 aromatic rings. The predicted molar refractivity (Wildman–Crippen MR) is 80.2 cm³/mol. The van der Waals surface area contributed by atoms with E-state index in [2.05, 4.69) is 5.32 Å². The number of nitrogens with zero attached hydrogens (tertiary/aromatic N) is 1. The Morgan fingerprint density at radius 1 is 1.14 bits per heavy atom. The number of benzene rings is 1. The summed E-state index contributed by atoms with van der Waals surface area (Å²) in [4.78, 5) is 25.4. The molecule has 6 heteroatoms. The first-order valence-corrected chi connectivity index (χ1v) is 7.59. The Hall–Kier alpha value is -2.24. The van der Waals surface area contributed by atoms with Gasteiger partial charge in [0.05, 0.1) is 0 Å². The maximum absolute atomic E-state index is 12.3. The minimum Gasteiger partial charge on any atom is -0.486 e. The standard InChI is InChI=1S/C16H20N2O4/c1-11(19)18-6-4-13(5-7-18)17-16(20)12-2-3-14-15(10-12)22-9-8-21-14/h2-3,10,13H,4-9H2,1H3,(H,17,20). The number of rotatable bonds is 2. The fourth-order valence-electron chi connectivity index (χ4n) is 2.79. The molecule has 0 unspecified atom stereocenters. The number of likely N-dealkylation sites (tertiary alicyclic amines) is 1. The van der Waals surface area contributed by atoms with Crippen LogP contribution >= 0.6 is 0 Å². The maximum Gasteiger partial charge on any atom is 0.251 e. The summed E-state index contributed by atoms with van der Waals surface area (Å²) in [5.41, 5.74) is 0.568. The highest BCUT2D eigenvalue weighted by Gasteiger charge is 2.23. The van der Waals surface area contributed by atoms with E-state index in [4.69, 9.17) is 9.47 Å². The lowest BCUT2D eigenvalue weighted by atomic mass is 10.0. The van der Waals surface area contributed by atoms with Crippen molar-refractivity contribution in [3.63, 3.8) is 0 Å². The molecule has 1 N–H and O–H groups in total. The Kier molecular flexibility index (Phi) is 4.18. The smallest absolute Gasteiger partial charge is 0.251 e. The average Bonchev–Trinajstić information content (AvgIpc) is 2.55. The minimum absolute atomic E-state index is 0.0941. The van der Waals surface area contributed by atoms with Crippen LogP contribution in [-0.4, -0.2) is 49.1 Å². The molecule has 2 amide bonds. The number of hydrogen-bond acceptors (Lipinski definition) is 4. The van der Waals surface area contributed by atoms with Gasteiger partial charge in [0.15, 0.2) is 11.5 Å². The topological polar surface area (TPSA) is 67.9 Å². The van der Waals surface area contributed by atoms with E-state index in [0.29, 0.717) is 43.4 Å². The molecule has 0 atom stereocenters. The SMILES string of the molecule is CC(=O)N1CCC(NC(=O)c2ccc3c(c2)OCCO3)CC1. The molecule has 118 valence electrons. The van der Waals surface area contributed by atoms with Crippen molar-refractivity contribution in [2.45, 2.75) is 25.8 Å². The van der Waals surface area contributed by atoms with Crippen molar-refractivity contribution in [2.75, 3.05) is 26.3 Å². The van der Waals surface area contributed by atoms with E-state index in [9.17, 15) is 9.59 Å². The maximum atomic E-state index is 12.3. The number of carbonyl (C=O) groups excluding carboxylic acids is 2. The third-order valence-electron chi connectivity index (χ3n) is 4.08. The lowest BCUT2D eigenvalue weighted by molar-refractivity contribution is -0.129. The first-order valence-electron chi connectivity index (χ1n) is 7.59. The molecule has 0 spiro atoms. The van der Waals surface area contributed by atoms with Crippen molar-refractivity contribution >= 4 is 11.8 Å². The van der Waals surface area contributed by atoms with Crippen LogP contribution in [0.1, 0.15) is 30.1 Å². The molecule has 3 rings (SSSR count). The van der Waals surface area contributed by atoms with Gasteiger partial charge in [0.25, 0.3) is 5.91 Å². The fraction of sp³-hybridized carbons (Fsp3) is 0.500. The molecule has 0 aromatic heterocycles. The molecule has 6 nitrogen and oxygen atoms in total. The Bertz CT molecular complexity index is 580. The van der Waals surface area contributed by atoms with Crippen molar-refractivity contribution in [3.8, 4) is 11.5 Å². The lowest BCUT2D eigenvalue weighted by Crippen LogP contribution is -2.46. The molecule has 1 aromatic carbocycles. The molecule has 0 saturated carbocycles. The number of fused-ring (bicyclic) bond motifs is 1. The first kappa shape index (κ1) is 14.7. The molecule has 22 heavy (non-hydrogen) atoms. The number of hydrogen-bond donors (Lipinski definition) is 1. The van der Waals surface area contributed by atoms with Crippen LogP contribution in [-0.2, 0) is 4.79 Å². The van der Waals surface area contributed by atoms with Gasteiger partial charge >= 0.3 is 0 Å². The summed E-state index contributed by atoms with van der Waals surface area (Å²) in [6, 6.07) is 5.33. The quantitative estimate of drug-likeness (QED) is 0.891. The van der Waals surface area contributed by atoms with Gasteiger partial charge in [-0.2, -0.15) is 0 Å². The second-order valence-electron chi connectivity index (χ2n) is 5.61. The van der Waals surface area contributed by atoms with Crippen LogP contribution in [0.15, 0.2) is 18.2 Å². The van der Waals surface area contributed by atoms with Crippen LogP contribution in [0, 0.1) is 0 Å². The Balaban J connectivity index is 1.59. The van der Waals surface area contributed by atoms with E-state index in [-0.39, 0.29) is 17.9 Å². The van der Waals surface area contributed by atoms with Crippen LogP contribution in [0.2, 0.25) is 0 Å². The molecule has 0 bridgehead atoms. The van der Waals surface area contributed by atoms with E-state index in [0.717, 1.165) is 12.8 Å². The van der Waals surface area contributed by atoms with E-state index in [1.54, 1.807) is 25.1 Å². The summed E-state index contributed by atoms with van der Waals surface area (Å²) in [7, 11) is 0. The zero-order valence-electron chi connectivity index (χ0n) is 12.6. The van der Waals surface area contributed by atoms with Gasteiger partial charge in [0.2, 0.25) is 5.91 Å². The Morgan fingerprint density at radius 2 is 1.82 bits per heavy atom. The Labute approximate surface area is 129 Å². The molecule has 0 aliphatic carbocycles. The second kappa shape index (κ2) is 6.25. The van der Waals surface area contributed by atoms with Crippen LogP contribution < -0.4 is 14.8 Å². The summed E-state index contributed by atoms with van der Waals surface area (Å²) in [5.74, 6) is 1.28. The molecular formula is C16H20N2O4. The molecule has 2 aliphatic rings. The number of nitrogens with one attached hydrogen (secondary N) is 1. The number of ether oxygens (including phenoxy) is 2. The monoisotopic (exact) mass is 304 g/mol. The minimum atomic E-state index is -0.113. The first-order chi connectivity index (χ1) is 10.6. The van der Waals surface area contributed by atoms with Crippen LogP contribution in [0.5, 0.6) is 11.5 Å². The highest BCUT2D eigenvalue weighted by molar-refractivity contribution is 5.95. The van der Waals surface area contributed by atoms with Gasteiger partial charge in [-0.3, -0.25) is 9.59 Å². The van der Waals surface area contributed by atoms with E-state index >= 15 is 0 Å². The summed E-state index contributed by atoms with van der Waals surface area (Å²) in [6.07, 6.45) is 1.58. The molecule has 2 aliphatic heterocycles. The highest BCUT2D eigenvalue weighted by atomic mass is 16.6. The molecule has 0 radical (unpaired) electrons. The van der Waals surface area contributed by atoms with E-state index in [1.807, 2.05) is 4.90 Å². The Morgan fingerprint density at radius 3 is 2.50 bits per heavy atom. The van der Waals surface area contributed by atoms with Gasteiger partial charge in [-0.05, 0) is 31.0 Å². The van der Waals surface area contributed by atoms with Crippen LogP contribution in [0.25, 0.3) is 0 Å².